The summed E-state index contributed by atoms with van der Waals surface area (Å²) in [6.07, 6.45) is 0. The van der Waals surface area contributed by atoms with Crippen molar-refractivity contribution in [2.45, 2.75) is 23.1 Å². The van der Waals surface area contributed by atoms with E-state index >= 15 is 0 Å². The summed E-state index contributed by atoms with van der Waals surface area (Å²) < 4.78 is 11.7. The van der Waals surface area contributed by atoms with E-state index in [4.69, 9.17) is 9.47 Å². The number of halogens is 1. The fourth-order valence-corrected chi connectivity index (χ4v) is 6.64. The summed E-state index contributed by atoms with van der Waals surface area (Å²) in [5.74, 6) is -0.863. The summed E-state index contributed by atoms with van der Waals surface area (Å²) in [4.78, 5) is 28.3. The Morgan fingerprint density at radius 2 is 1.83 bits per heavy atom. The number of aliphatic hydroxyl groups is 1. The maximum absolute atomic E-state index is 13.5. The summed E-state index contributed by atoms with van der Waals surface area (Å²) >= 11 is 5.95. The molecule has 2 heterocycles. The van der Waals surface area contributed by atoms with Crippen LogP contribution in [-0.4, -0.2) is 45.8 Å². The Hall–Kier alpha value is -3.87. The van der Waals surface area contributed by atoms with Gasteiger partial charge in [0.1, 0.15) is 11.5 Å². The monoisotopic (exact) mass is 653 g/mol. The number of amides is 1. The van der Waals surface area contributed by atoms with E-state index < -0.39 is 17.7 Å². The average Bonchev–Trinajstić information content (AvgIpc) is 3.56. The highest BCUT2D eigenvalue weighted by molar-refractivity contribution is 9.10. The fourth-order valence-electron chi connectivity index (χ4n) is 4.36. The third-order valence-corrected chi connectivity index (χ3v) is 9.01. The smallest absolute Gasteiger partial charge is 0.301 e. The van der Waals surface area contributed by atoms with Crippen LogP contribution in [0.3, 0.4) is 0 Å². The minimum absolute atomic E-state index is 0.123. The number of thioether (sulfide) groups is 1. The van der Waals surface area contributed by atoms with Crippen LogP contribution < -0.4 is 14.4 Å². The number of aliphatic hydroxyl groups excluding tert-OH is 1. The van der Waals surface area contributed by atoms with E-state index in [2.05, 4.69) is 26.1 Å². The number of aromatic nitrogens is 2. The van der Waals surface area contributed by atoms with E-state index in [-0.39, 0.29) is 32.4 Å². The first-order chi connectivity index (χ1) is 19.8. The average molecular weight is 655 g/mol. The number of nitrogens with zero attached hydrogens (tertiary/aromatic N) is 3. The van der Waals surface area contributed by atoms with Gasteiger partial charge in [-0.15, -0.1) is 10.2 Å². The highest BCUT2D eigenvalue weighted by Gasteiger charge is 2.48. The Morgan fingerprint density at radius 3 is 2.51 bits per heavy atom. The third kappa shape index (κ3) is 5.81. The Bertz CT molecular complexity index is 1630. The summed E-state index contributed by atoms with van der Waals surface area (Å²) in [6.45, 7) is 2.33. The van der Waals surface area contributed by atoms with E-state index in [1.807, 2.05) is 37.3 Å². The first kappa shape index (κ1) is 28.7. The van der Waals surface area contributed by atoms with Crippen molar-refractivity contribution in [2.75, 3.05) is 18.6 Å². The first-order valence-electron chi connectivity index (χ1n) is 12.4. The van der Waals surface area contributed by atoms with Crippen molar-refractivity contribution in [1.29, 1.82) is 0 Å². The summed E-state index contributed by atoms with van der Waals surface area (Å²) in [6, 6.07) is 18.4. The first-order valence-corrected chi connectivity index (χ1v) is 15.0. The van der Waals surface area contributed by atoms with Crippen LogP contribution in [0, 0.1) is 0 Å². The molecule has 1 amide bonds. The second-order valence-electron chi connectivity index (χ2n) is 8.80. The molecule has 1 atom stereocenters. The van der Waals surface area contributed by atoms with E-state index in [0.29, 0.717) is 33.6 Å². The number of ether oxygens (including phenoxy) is 2. The molecule has 0 radical (unpaired) electrons. The van der Waals surface area contributed by atoms with Crippen molar-refractivity contribution in [2.24, 2.45) is 0 Å². The zero-order valence-corrected chi connectivity index (χ0v) is 25.1. The van der Waals surface area contributed by atoms with Gasteiger partial charge in [-0.1, -0.05) is 53.4 Å². The zero-order chi connectivity index (χ0) is 29.1. The van der Waals surface area contributed by atoms with Crippen molar-refractivity contribution in [3.05, 3.63) is 93.5 Å². The predicted octanol–water partition coefficient (Wildman–Crippen LogP) is 6.33. The van der Waals surface area contributed by atoms with Gasteiger partial charge in [-0.2, -0.15) is 0 Å². The lowest BCUT2D eigenvalue weighted by atomic mass is 9.95. The molecule has 3 aromatic carbocycles. The van der Waals surface area contributed by atoms with Crippen molar-refractivity contribution in [1.82, 2.24) is 10.2 Å². The van der Waals surface area contributed by atoms with Gasteiger partial charge in [-0.25, -0.2) is 0 Å². The number of benzene rings is 3. The van der Waals surface area contributed by atoms with Crippen LogP contribution in [0.2, 0.25) is 0 Å². The van der Waals surface area contributed by atoms with Crippen LogP contribution in [0.1, 0.15) is 29.7 Å². The fraction of sp³-hybridized carbons (Fsp3) is 0.172. The van der Waals surface area contributed by atoms with Gasteiger partial charge in [-0.05, 0) is 70.4 Å². The number of hydrogen-bond acceptors (Lipinski definition) is 10. The van der Waals surface area contributed by atoms with Gasteiger partial charge in [0.25, 0.3) is 5.78 Å². The lowest BCUT2D eigenvalue weighted by Crippen LogP contribution is -2.29. The Kier molecular flexibility index (Phi) is 8.62. The van der Waals surface area contributed by atoms with E-state index in [1.165, 1.54) is 41.2 Å². The topological polar surface area (TPSA) is 122 Å². The molecule has 9 nitrogen and oxygen atoms in total. The molecular weight excluding hydrogens is 630 g/mol. The molecule has 1 unspecified atom stereocenters. The zero-order valence-electron chi connectivity index (χ0n) is 21.9. The lowest BCUT2D eigenvalue weighted by molar-refractivity contribution is -0.132. The number of Topliss-reactive ketones (excluding diaryl/α,β-unsaturated/α-hetero) is 1. The van der Waals surface area contributed by atoms with Gasteiger partial charge in [0.05, 0.1) is 29.8 Å². The van der Waals surface area contributed by atoms with E-state index in [9.17, 15) is 19.8 Å². The summed E-state index contributed by atoms with van der Waals surface area (Å²) in [7, 11) is 1.39. The Balaban J connectivity index is 1.59. The van der Waals surface area contributed by atoms with Crippen molar-refractivity contribution < 1.29 is 29.3 Å². The number of anilines is 1. The highest BCUT2D eigenvalue weighted by Crippen LogP contribution is 2.47. The highest BCUT2D eigenvalue weighted by atomic mass is 79.9. The molecule has 1 saturated heterocycles. The second-order valence-corrected chi connectivity index (χ2v) is 11.8. The Morgan fingerprint density at radius 1 is 1.10 bits per heavy atom. The molecule has 1 aliphatic heterocycles. The lowest BCUT2D eigenvalue weighted by Gasteiger charge is -2.23. The summed E-state index contributed by atoms with van der Waals surface area (Å²) in [5, 5.41) is 30.5. The number of rotatable bonds is 9. The molecule has 12 heteroatoms. The maximum atomic E-state index is 13.5. The van der Waals surface area contributed by atoms with Crippen LogP contribution in [0.25, 0.3) is 5.76 Å². The molecule has 1 aliphatic rings. The van der Waals surface area contributed by atoms with E-state index in [1.54, 1.807) is 30.3 Å². The molecule has 0 aliphatic carbocycles. The number of hydrogen-bond donors (Lipinski definition) is 2. The quantitative estimate of drug-likeness (QED) is 0.0701. The molecule has 210 valence electrons. The number of aromatic hydroxyl groups is 1. The molecule has 0 bridgehead atoms. The molecule has 1 fully saturated rings. The third-order valence-electron chi connectivity index (χ3n) is 6.28. The number of phenolic OH excluding ortho intramolecular Hbond substituents is 1. The van der Waals surface area contributed by atoms with Gasteiger partial charge >= 0.3 is 5.91 Å². The molecule has 41 heavy (non-hydrogen) atoms. The maximum Gasteiger partial charge on any atom is 0.301 e. The van der Waals surface area contributed by atoms with Gasteiger partial charge in [0.2, 0.25) is 5.13 Å². The van der Waals surface area contributed by atoms with Crippen LogP contribution in [0.15, 0.2) is 81.1 Å². The van der Waals surface area contributed by atoms with Gasteiger partial charge < -0.3 is 19.7 Å². The minimum Gasteiger partial charge on any atom is -0.507 e. The van der Waals surface area contributed by atoms with Crippen LogP contribution >= 0.6 is 39.0 Å². The normalized spacial score (nSPS) is 16.3. The predicted molar refractivity (Wildman–Crippen MR) is 161 cm³/mol. The number of methoxy groups -OCH3 is 1. The summed E-state index contributed by atoms with van der Waals surface area (Å²) in [5.41, 5.74) is 1.71. The van der Waals surface area contributed by atoms with Crippen LogP contribution in [-0.2, 0) is 15.3 Å². The Labute approximate surface area is 252 Å². The van der Waals surface area contributed by atoms with Crippen LogP contribution in [0.5, 0.6) is 17.2 Å². The van der Waals surface area contributed by atoms with Crippen molar-refractivity contribution in [3.63, 3.8) is 0 Å². The number of ketones is 1. The molecular formula is C29H24BrN3O6S2. The largest absolute Gasteiger partial charge is 0.507 e. The molecule has 0 saturated carbocycles. The van der Waals surface area contributed by atoms with Crippen LogP contribution in [0.4, 0.5) is 5.13 Å². The number of carbonyl (C=O) groups is 2. The van der Waals surface area contributed by atoms with Gasteiger partial charge in [-0.3, -0.25) is 14.5 Å². The molecule has 0 spiro atoms. The van der Waals surface area contributed by atoms with E-state index in [0.717, 1.165) is 5.56 Å². The second kappa shape index (κ2) is 12.3. The minimum atomic E-state index is -1.08. The standard InChI is InChI=1S/C29H24BrN3O6S2/c1-3-39-19-11-9-17(10-12-19)24(34)22-23(18-13-20(30)25(35)21(14-18)38-2)33(27(37)26(22)36)28-31-32-29(41-28)40-15-16-7-5-4-6-8-16/h4-14,23,34-35H,3,15H2,1-2H3/b24-22-. The van der Waals surface area contributed by atoms with Crippen molar-refractivity contribution >= 4 is 61.6 Å². The molecule has 2 N–H and O–H groups in total. The van der Waals surface area contributed by atoms with Gasteiger partial charge in [0.15, 0.2) is 15.8 Å². The molecule has 5 rings (SSSR count). The number of phenols is 1. The number of carbonyl (C=O) groups excluding carboxylic acids is 2. The van der Waals surface area contributed by atoms with Gasteiger partial charge in [0, 0.05) is 11.3 Å². The molecule has 4 aromatic rings. The molecule has 1 aromatic heterocycles. The van der Waals surface area contributed by atoms with Crippen molar-refractivity contribution in [3.8, 4) is 17.2 Å². The SMILES string of the molecule is CCOc1ccc(/C(O)=C2/C(=O)C(=O)N(c3nnc(SCc4ccccc4)s3)C2c2cc(Br)c(O)c(OC)c2)cc1.